The lowest BCUT2D eigenvalue weighted by Crippen LogP contribution is -2.39. The molecule has 3 heterocycles. The van der Waals surface area contributed by atoms with E-state index in [0.29, 0.717) is 25.0 Å². The third-order valence-corrected chi connectivity index (χ3v) is 8.32. The van der Waals surface area contributed by atoms with Gasteiger partial charge < -0.3 is 11.1 Å². The highest BCUT2D eigenvalue weighted by Crippen LogP contribution is 2.29. The summed E-state index contributed by atoms with van der Waals surface area (Å²) in [7, 11) is -3.57. The number of nitrogens with two attached hydrogens (primary N) is 1. The van der Waals surface area contributed by atoms with Crippen LogP contribution < -0.4 is 15.8 Å². The maximum absolute atomic E-state index is 12.5. The summed E-state index contributed by atoms with van der Waals surface area (Å²) in [5.74, 6) is 0.603. The molecule has 1 amide bonds. The molecular formula is C27H31N7O3S. The molecule has 4 N–H and O–H groups in total. The fourth-order valence-electron chi connectivity index (χ4n) is 4.89. The number of anilines is 2. The normalized spacial score (nSPS) is 15.1. The molecule has 0 saturated carbocycles. The number of nitrogens with zero attached hydrogens (tertiary/aromatic N) is 4. The summed E-state index contributed by atoms with van der Waals surface area (Å²) < 4.78 is 29.2. The Kier molecular flexibility index (Phi) is 7.41. The summed E-state index contributed by atoms with van der Waals surface area (Å²) in [6.45, 7) is 4.12. The number of likely N-dealkylation sites (tertiary alicyclic amines) is 1. The van der Waals surface area contributed by atoms with Gasteiger partial charge in [0, 0.05) is 17.8 Å². The molecule has 0 radical (unpaired) electrons. The highest BCUT2D eigenvalue weighted by molar-refractivity contribution is 7.89. The van der Waals surface area contributed by atoms with E-state index in [0.717, 1.165) is 48.4 Å². The first kappa shape index (κ1) is 25.8. The molecular weight excluding hydrogens is 502 g/mol. The summed E-state index contributed by atoms with van der Waals surface area (Å²) in [6.07, 6.45) is 3.72. The van der Waals surface area contributed by atoms with Crippen molar-refractivity contribution in [3.8, 4) is 11.3 Å². The number of rotatable bonds is 9. The molecule has 1 saturated heterocycles. The number of benzene rings is 2. The van der Waals surface area contributed by atoms with Crippen molar-refractivity contribution in [1.82, 2.24) is 24.2 Å². The Morgan fingerprint density at radius 3 is 2.55 bits per heavy atom. The van der Waals surface area contributed by atoms with Crippen molar-refractivity contribution in [2.24, 2.45) is 5.73 Å². The summed E-state index contributed by atoms with van der Waals surface area (Å²) in [5.41, 5.74) is 9.75. The number of amides is 1. The Hall–Kier alpha value is -3.80. The van der Waals surface area contributed by atoms with Crippen LogP contribution in [0.2, 0.25) is 0 Å². The Morgan fingerprint density at radius 1 is 1.08 bits per heavy atom. The lowest BCUT2D eigenvalue weighted by molar-refractivity contribution is -0.119. The smallest absolute Gasteiger partial charge is 0.245 e. The summed E-state index contributed by atoms with van der Waals surface area (Å²) in [5, 5.41) is 7.93. The van der Waals surface area contributed by atoms with Crippen molar-refractivity contribution in [3.63, 3.8) is 0 Å². The molecule has 0 spiro atoms. The first-order chi connectivity index (χ1) is 18.3. The predicted octanol–water partition coefficient (Wildman–Crippen LogP) is 3.10. The highest BCUT2D eigenvalue weighted by Gasteiger charge is 2.21. The molecule has 0 atom stereocenters. The van der Waals surface area contributed by atoms with Crippen molar-refractivity contribution in [3.05, 3.63) is 72.4 Å². The number of carbonyl (C=O) groups excluding carboxylic acids is 1. The van der Waals surface area contributed by atoms with Crippen LogP contribution in [0.3, 0.4) is 0 Å². The van der Waals surface area contributed by atoms with Crippen LogP contribution >= 0.6 is 0 Å². The van der Waals surface area contributed by atoms with Crippen LogP contribution in [0.1, 0.15) is 31.2 Å². The number of sulfonamides is 1. The monoisotopic (exact) mass is 533 g/mol. The van der Waals surface area contributed by atoms with Crippen LogP contribution in [-0.4, -0.2) is 60.0 Å². The second kappa shape index (κ2) is 10.9. The molecule has 11 heteroatoms. The van der Waals surface area contributed by atoms with E-state index in [1.807, 2.05) is 30.3 Å². The number of fused-ring (bicyclic) bond motifs is 1. The van der Waals surface area contributed by atoms with Gasteiger partial charge in [-0.15, -0.1) is 5.10 Å². The number of nitrogens with one attached hydrogen (secondary N) is 2. The molecule has 0 aliphatic carbocycles. The van der Waals surface area contributed by atoms with E-state index in [9.17, 15) is 13.2 Å². The van der Waals surface area contributed by atoms with Gasteiger partial charge in [0.2, 0.25) is 21.9 Å². The van der Waals surface area contributed by atoms with Gasteiger partial charge >= 0.3 is 0 Å². The van der Waals surface area contributed by atoms with Gasteiger partial charge in [-0.05, 0) is 73.8 Å². The maximum atomic E-state index is 12.5. The van der Waals surface area contributed by atoms with Crippen LogP contribution in [0.5, 0.6) is 0 Å². The van der Waals surface area contributed by atoms with Gasteiger partial charge in [0.1, 0.15) is 0 Å². The average molecular weight is 534 g/mol. The van der Waals surface area contributed by atoms with Gasteiger partial charge in [-0.25, -0.2) is 22.6 Å². The molecule has 2 aromatic heterocycles. The van der Waals surface area contributed by atoms with Gasteiger partial charge in [0.05, 0.1) is 28.8 Å². The minimum atomic E-state index is -3.57. The lowest BCUT2D eigenvalue weighted by atomic mass is 9.89. The SMILES string of the molecule is CCNS(=O)(=O)c1cccc(-c2ccc3cnc(Nc4ccc(C5CCN(CC(N)=O)CC5)cc4)nn23)c1. The van der Waals surface area contributed by atoms with Crippen LogP contribution in [0.15, 0.2) is 71.8 Å². The zero-order chi connectivity index (χ0) is 26.7. The van der Waals surface area contributed by atoms with Crippen LogP contribution in [-0.2, 0) is 14.8 Å². The van der Waals surface area contributed by atoms with E-state index in [-0.39, 0.29) is 10.8 Å². The number of aromatic nitrogens is 3. The zero-order valence-corrected chi connectivity index (χ0v) is 22.0. The highest BCUT2D eigenvalue weighted by atomic mass is 32.2. The van der Waals surface area contributed by atoms with Gasteiger partial charge in [0.15, 0.2) is 0 Å². The molecule has 10 nitrogen and oxygen atoms in total. The molecule has 1 aliphatic rings. The van der Waals surface area contributed by atoms with E-state index in [1.165, 1.54) is 5.56 Å². The van der Waals surface area contributed by atoms with E-state index in [4.69, 9.17) is 5.73 Å². The molecule has 198 valence electrons. The number of hydrogen-bond donors (Lipinski definition) is 3. The van der Waals surface area contributed by atoms with Crippen LogP contribution in [0, 0.1) is 0 Å². The molecule has 0 unspecified atom stereocenters. The Bertz CT molecular complexity index is 1540. The Balaban J connectivity index is 1.32. The summed E-state index contributed by atoms with van der Waals surface area (Å²) >= 11 is 0. The van der Waals surface area contributed by atoms with E-state index < -0.39 is 10.0 Å². The number of primary amides is 1. The first-order valence-corrected chi connectivity index (χ1v) is 14.1. The molecule has 5 rings (SSSR count). The van der Waals surface area contributed by atoms with E-state index in [1.54, 1.807) is 35.8 Å². The topological polar surface area (TPSA) is 135 Å². The number of hydrogen-bond acceptors (Lipinski definition) is 7. The second-order valence-corrected chi connectivity index (χ2v) is 11.2. The van der Waals surface area contributed by atoms with E-state index in [2.05, 4.69) is 37.2 Å². The van der Waals surface area contributed by atoms with Crippen LogP contribution in [0.25, 0.3) is 16.8 Å². The standard InChI is InChI=1S/C27H31N7O3S/c1-2-30-38(36,37)24-5-3-4-21(16-24)25-11-10-23-17-29-27(32-34(23)25)31-22-8-6-19(7-9-22)20-12-14-33(15-13-20)18-26(28)35/h3-11,16-17,20,30H,2,12-15,18H2,1H3,(H2,28,35)(H,31,32). The summed E-state index contributed by atoms with van der Waals surface area (Å²) in [6, 6.07) is 18.9. The predicted molar refractivity (Wildman–Crippen MR) is 147 cm³/mol. The molecule has 38 heavy (non-hydrogen) atoms. The molecule has 4 aromatic rings. The Morgan fingerprint density at radius 2 is 1.84 bits per heavy atom. The lowest BCUT2D eigenvalue weighted by Gasteiger charge is -2.31. The minimum absolute atomic E-state index is 0.206. The Labute approximate surface area is 221 Å². The molecule has 1 aliphatic heterocycles. The third-order valence-electron chi connectivity index (χ3n) is 6.78. The van der Waals surface area contributed by atoms with Crippen molar-refractivity contribution in [2.45, 2.75) is 30.6 Å². The van der Waals surface area contributed by atoms with Crippen molar-refractivity contribution < 1.29 is 13.2 Å². The summed E-state index contributed by atoms with van der Waals surface area (Å²) in [4.78, 5) is 17.9. The molecule has 0 bridgehead atoms. The largest absolute Gasteiger partial charge is 0.369 e. The maximum Gasteiger partial charge on any atom is 0.245 e. The quantitative estimate of drug-likeness (QED) is 0.301. The van der Waals surface area contributed by atoms with Gasteiger partial charge in [0.25, 0.3) is 0 Å². The van der Waals surface area contributed by atoms with Crippen LogP contribution in [0.4, 0.5) is 11.6 Å². The van der Waals surface area contributed by atoms with Crippen molar-refractivity contribution in [1.29, 1.82) is 0 Å². The zero-order valence-electron chi connectivity index (χ0n) is 21.2. The number of piperidine rings is 1. The van der Waals surface area contributed by atoms with Crippen molar-refractivity contribution >= 4 is 33.1 Å². The fourth-order valence-corrected chi connectivity index (χ4v) is 5.97. The van der Waals surface area contributed by atoms with Crippen molar-refractivity contribution in [2.75, 3.05) is 31.5 Å². The van der Waals surface area contributed by atoms with Gasteiger partial charge in [-0.1, -0.05) is 31.2 Å². The third kappa shape index (κ3) is 5.69. The average Bonchev–Trinajstić information content (AvgIpc) is 3.33. The fraction of sp³-hybridized carbons (Fsp3) is 0.296. The molecule has 1 fully saturated rings. The first-order valence-electron chi connectivity index (χ1n) is 12.6. The van der Waals surface area contributed by atoms with Gasteiger partial charge in [-0.2, -0.15) is 0 Å². The molecule has 2 aromatic carbocycles. The van der Waals surface area contributed by atoms with E-state index >= 15 is 0 Å². The minimum Gasteiger partial charge on any atom is -0.369 e. The van der Waals surface area contributed by atoms with Gasteiger partial charge in [-0.3, -0.25) is 9.69 Å². The number of carbonyl (C=O) groups is 1. The second-order valence-electron chi connectivity index (χ2n) is 9.43.